The van der Waals surface area contributed by atoms with Gasteiger partial charge in [0, 0.05) is 6.54 Å². The maximum atomic E-state index is 4.14. The van der Waals surface area contributed by atoms with E-state index < -0.39 is 0 Å². The number of hydrogen-bond acceptors (Lipinski definition) is 4. The van der Waals surface area contributed by atoms with Crippen LogP contribution < -0.4 is 5.32 Å². The molecule has 3 atom stereocenters. The standard InChI is InChI=1S/C19H19N5/c1-12-6-8-14(9-7-12)24-19(21-22-23-24)20-11-17-16-10-13-4-2-3-5-15(13)18(16)17/h2-9,16-18H,10-11H2,1H3,(H,20,21,23). The van der Waals surface area contributed by atoms with E-state index >= 15 is 0 Å². The molecule has 1 heterocycles. The number of aryl methyl sites for hydroxylation is 1. The van der Waals surface area contributed by atoms with Crippen molar-refractivity contribution < 1.29 is 0 Å². The second kappa shape index (κ2) is 5.16. The van der Waals surface area contributed by atoms with Crippen LogP contribution in [-0.2, 0) is 6.42 Å². The molecule has 1 fully saturated rings. The second-order valence-electron chi connectivity index (χ2n) is 6.89. The van der Waals surface area contributed by atoms with Crippen LogP contribution in [-0.4, -0.2) is 26.8 Å². The Labute approximate surface area is 140 Å². The molecule has 5 heteroatoms. The summed E-state index contributed by atoms with van der Waals surface area (Å²) in [6, 6.07) is 17.1. The molecular formula is C19H19N5. The van der Waals surface area contributed by atoms with Crippen LogP contribution in [0, 0.1) is 18.8 Å². The van der Waals surface area contributed by atoms with Gasteiger partial charge in [-0.1, -0.05) is 47.1 Å². The fourth-order valence-electron chi connectivity index (χ4n) is 4.13. The average Bonchev–Trinajstić information content (AvgIpc) is 2.97. The molecule has 2 aromatic carbocycles. The molecular weight excluding hydrogens is 298 g/mol. The molecule has 0 amide bonds. The Morgan fingerprint density at radius 1 is 1.12 bits per heavy atom. The zero-order chi connectivity index (χ0) is 16.1. The van der Waals surface area contributed by atoms with Crippen molar-refractivity contribution in [1.82, 2.24) is 20.2 Å². The molecule has 1 saturated carbocycles. The molecule has 24 heavy (non-hydrogen) atoms. The minimum atomic E-state index is 0.697. The van der Waals surface area contributed by atoms with Crippen LogP contribution in [0.15, 0.2) is 48.5 Å². The Balaban J connectivity index is 1.30. The molecule has 2 aliphatic rings. The largest absolute Gasteiger partial charge is 0.352 e. The molecule has 0 aliphatic heterocycles. The predicted octanol–water partition coefficient (Wildman–Crippen LogP) is 2.97. The Morgan fingerprint density at radius 3 is 2.83 bits per heavy atom. The van der Waals surface area contributed by atoms with Gasteiger partial charge in [0.2, 0.25) is 5.95 Å². The Kier molecular flexibility index (Phi) is 2.95. The SMILES string of the molecule is Cc1ccc(-n2nnnc2NCC2C3Cc4ccccc4C23)cc1. The van der Waals surface area contributed by atoms with Crippen molar-refractivity contribution >= 4 is 5.95 Å². The van der Waals surface area contributed by atoms with Gasteiger partial charge in [0.15, 0.2) is 0 Å². The summed E-state index contributed by atoms with van der Waals surface area (Å²) in [6.45, 7) is 3.00. The van der Waals surface area contributed by atoms with Gasteiger partial charge in [-0.25, -0.2) is 0 Å². The molecule has 5 nitrogen and oxygen atoms in total. The smallest absolute Gasteiger partial charge is 0.247 e. The first-order valence-electron chi connectivity index (χ1n) is 8.48. The highest BCUT2D eigenvalue weighted by Crippen LogP contribution is 2.61. The van der Waals surface area contributed by atoms with Crippen LogP contribution in [0.1, 0.15) is 22.6 Å². The first kappa shape index (κ1) is 13.7. The van der Waals surface area contributed by atoms with Crippen molar-refractivity contribution in [2.75, 3.05) is 11.9 Å². The lowest BCUT2D eigenvalue weighted by molar-refractivity contribution is 0.712. The summed E-state index contributed by atoms with van der Waals surface area (Å²) < 4.78 is 1.77. The summed E-state index contributed by atoms with van der Waals surface area (Å²) in [4.78, 5) is 0. The minimum absolute atomic E-state index is 0.697. The van der Waals surface area contributed by atoms with Crippen LogP contribution in [0.3, 0.4) is 0 Å². The highest BCUT2D eigenvalue weighted by atomic mass is 15.6. The summed E-state index contributed by atoms with van der Waals surface area (Å²) in [5.41, 5.74) is 5.29. The third-order valence-corrected chi connectivity index (χ3v) is 5.45. The number of aromatic nitrogens is 4. The Morgan fingerprint density at radius 2 is 1.96 bits per heavy atom. The average molecular weight is 317 g/mol. The monoisotopic (exact) mass is 317 g/mol. The first-order chi connectivity index (χ1) is 11.8. The van der Waals surface area contributed by atoms with Gasteiger partial charge in [-0.15, -0.1) is 0 Å². The summed E-state index contributed by atoms with van der Waals surface area (Å²) >= 11 is 0. The van der Waals surface area contributed by atoms with Crippen molar-refractivity contribution in [2.45, 2.75) is 19.3 Å². The predicted molar refractivity (Wildman–Crippen MR) is 92.2 cm³/mol. The lowest BCUT2D eigenvalue weighted by Crippen LogP contribution is -2.12. The van der Waals surface area contributed by atoms with Crippen molar-refractivity contribution in [3.05, 3.63) is 65.2 Å². The maximum absolute atomic E-state index is 4.14. The summed E-state index contributed by atoms with van der Waals surface area (Å²) in [7, 11) is 0. The number of benzene rings is 2. The van der Waals surface area contributed by atoms with Gasteiger partial charge in [0.1, 0.15) is 0 Å². The van der Waals surface area contributed by atoms with E-state index in [-0.39, 0.29) is 0 Å². The third kappa shape index (κ3) is 2.12. The van der Waals surface area contributed by atoms with Crippen LogP contribution >= 0.6 is 0 Å². The van der Waals surface area contributed by atoms with Gasteiger partial charge in [0.05, 0.1) is 5.69 Å². The highest BCUT2D eigenvalue weighted by molar-refractivity contribution is 5.45. The number of hydrogen-bond donors (Lipinski definition) is 1. The van der Waals surface area contributed by atoms with E-state index in [1.165, 1.54) is 17.5 Å². The number of nitrogens with zero attached hydrogens (tertiary/aromatic N) is 4. The minimum Gasteiger partial charge on any atom is -0.352 e. The van der Waals surface area contributed by atoms with Crippen LogP contribution in [0.2, 0.25) is 0 Å². The van der Waals surface area contributed by atoms with E-state index in [1.807, 2.05) is 12.1 Å². The van der Waals surface area contributed by atoms with Crippen molar-refractivity contribution in [2.24, 2.45) is 11.8 Å². The lowest BCUT2D eigenvalue weighted by Gasteiger charge is -2.10. The van der Waals surface area contributed by atoms with Gasteiger partial charge in [-0.2, -0.15) is 4.68 Å². The number of tetrazole rings is 1. The zero-order valence-corrected chi connectivity index (χ0v) is 13.6. The molecule has 0 spiro atoms. The zero-order valence-electron chi connectivity index (χ0n) is 13.6. The van der Waals surface area contributed by atoms with E-state index in [0.29, 0.717) is 5.92 Å². The molecule has 120 valence electrons. The van der Waals surface area contributed by atoms with Crippen molar-refractivity contribution in [3.63, 3.8) is 0 Å². The van der Waals surface area contributed by atoms with Gasteiger partial charge in [0.25, 0.3) is 0 Å². The van der Waals surface area contributed by atoms with Crippen LogP contribution in [0.5, 0.6) is 0 Å². The third-order valence-electron chi connectivity index (χ3n) is 5.45. The molecule has 2 aliphatic carbocycles. The molecule has 0 radical (unpaired) electrons. The quantitative estimate of drug-likeness (QED) is 0.804. The topological polar surface area (TPSA) is 55.6 Å². The molecule has 5 rings (SSSR count). The molecule has 0 saturated heterocycles. The Bertz CT molecular complexity index is 883. The van der Waals surface area contributed by atoms with Crippen molar-refractivity contribution in [1.29, 1.82) is 0 Å². The number of nitrogens with one attached hydrogen (secondary N) is 1. The van der Waals surface area contributed by atoms with Crippen LogP contribution in [0.4, 0.5) is 5.95 Å². The van der Waals surface area contributed by atoms with E-state index in [9.17, 15) is 0 Å². The molecule has 1 aromatic heterocycles. The van der Waals surface area contributed by atoms with Gasteiger partial charge in [-0.05, 0) is 64.8 Å². The number of anilines is 1. The molecule has 3 unspecified atom stereocenters. The van der Waals surface area contributed by atoms with E-state index in [0.717, 1.165) is 30.0 Å². The fraction of sp³-hybridized carbons (Fsp3) is 0.316. The molecule has 3 aromatic rings. The Hall–Kier alpha value is -2.69. The van der Waals surface area contributed by atoms with E-state index in [4.69, 9.17) is 0 Å². The summed E-state index contributed by atoms with van der Waals surface area (Å²) in [5.74, 6) is 2.93. The normalized spacial score (nSPS) is 23.6. The second-order valence-corrected chi connectivity index (χ2v) is 6.89. The highest BCUT2D eigenvalue weighted by Gasteiger charge is 2.54. The van der Waals surface area contributed by atoms with E-state index in [2.05, 4.69) is 64.2 Å². The maximum Gasteiger partial charge on any atom is 0.247 e. The summed E-state index contributed by atoms with van der Waals surface area (Å²) in [5, 5.41) is 15.5. The van der Waals surface area contributed by atoms with E-state index in [1.54, 1.807) is 10.2 Å². The number of rotatable bonds is 4. The first-order valence-corrected chi connectivity index (χ1v) is 8.48. The fourth-order valence-corrected chi connectivity index (χ4v) is 4.13. The molecule has 0 bridgehead atoms. The van der Waals surface area contributed by atoms with Gasteiger partial charge < -0.3 is 5.32 Å². The van der Waals surface area contributed by atoms with Gasteiger partial charge in [-0.3, -0.25) is 0 Å². The number of fused-ring (bicyclic) bond motifs is 3. The lowest BCUT2D eigenvalue weighted by atomic mass is 10.0. The van der Waals surface area contributed by atoms with Crippen molar-refractivity contribution in [3.8, 4) is 5.69 Å². The summed E-state index contributed by atoms with van der Waals surface area (Å²) in [6.07, 6.45) is 1.22. The van der Waals surface area contributed by atoms with Gasteiger partial charge >= 0.3 is 0 Å². The van der Waals surface area contributed by atoms with Crippen LogP contribution in [0.25, 0.3) is 5.69 Å². The molecule has 1 N–H and O–H groups in total.